The van der Waals surface area contributed by atoms with Crippen molar-refractivity contribution in [1.82, 2.24) is 10.2 Å². The van der Waals surface area contributed by atoms with Crippen molar-refractivity contribution >= 4 is 44.9 Å². The van der Waals surface area contributed by atoms with Crippen LogP contribution in [0.15, 0.2) is 48.5 Å². The molecule has 0 saturated carbocycles. The molecule has 2 aromatic carbocycles. The molecular weight excluding hydrogens is 423 g/mol. The van der Waals surface area contributed by atoms with Crippen LogP contribution in [0.5, 0.6) is 0 Å². The van der Waals surface area contributed by atoms with E-state index in [4.69, 9.17) is 23.2 Å². The van der Waals surface area contributed by atoms with Crippen LogP contribution < -0.4 is 5.32 Å². The van der Waals surface area contributed by atoms with Gasteiger partial charge in [0, 0.05) is 16.6 Å². The van der Waals surface area contributed by atoms with E-state index in [1.165, 1.54) is 0 Å². The van der Waals surface area contributed by atoms with E-state index >= 15 is 0 Å². The number of likely N-dealkylation sites (tertiary alicyclic amines) is 1. The minimum absolute atomic E-state index is 0.106. The molecule has 2 amide bonds. The van der Waals surface area contributed by atoms with Gasteiger partial charge in [-0.2, -0.15) is 0 Å². The van der Waals surface area contributed by atoms with Crippen molar-refractivity contribution in [1.29, 1.82) is 0 Å². The summed E-state index contributed by atoms with van der Waals surface area (Å²) < 4.78 is 25.2. The average Bonchev–Trinajstić information content (AvgIpc) is 2.64. The molecular formula is C19H18Cl2N2O4S. The third kappa shape index (κ3) is 4.84. The molecule has 28 heavy (non-hydrogen) atoms. The van der Waals surface area contributed by atoms with E-state index in [2.05, 4.69) is 5.32 Å². The molecule has 3 rings (SSSR count). The molecule has 1 aliphatic heterocycles. The highest BCUT2D eigenvalue weighted by Crippen LogP contribution is 2.27. The minimum Gasteiger partial charge on any atom is -0.350 e. The Labute approximate surface area is 173 Å². The van der Waals surface area contributed by atoms with E-state index in [9.17, 15) is 18.0 Å². The number of hydrogen-bond donors (Lipinski definition) is 1. The average molecular weight is 441 g/mol. The standard InChI is InChI=1S/C19H18Cl2N2O4S/c20-15-7-6-14(16(21)8-15)10-22-17(24)11-23-18(25)9-19(23)28(26,27)12-13-4-2-1-3-5-13/h1-8,19H,9-12H2,(H,22,24). The van der Waals surface area contributed by atoms with Crippen LogP contribution in [0.4, 0.5) is 0 Å². The van der Waals surface area contributed by atoms with Gasteiger partial charge in [-0.1, -0.05) is 59.6 Å². The van der Waals surface area contributed by atoms with E-state index in [1.54, 1.807) is 48.5 Å². The van der Waals surface area contributed by atoms with Crippen molar-refractivity contribution in [2.45, 2.75) is 24.1 Å². The van der Waals surface area contributed by atoms with E-state index < -0.39 is 21.1 Å². The van der Waals surface area contributed by atoms with Gasteiger partial charge in [-0.3, -0.25) is 9.59 Å². The van der Waals surface area contributed by atoms with E-state index in [1.807, 2.05) is 0 Å². The number of sulfone groups is 1. The maximum Gasteiger partial charge on any atom is 0.239 e. The number of carbonyl (C=O) groups is 2. The molecule has 0 aromatic heterocycles. The first-order chi connectivity index (χ1) is 13.3. The highest BCUT2D eigenvalue weighted by Gasteiger charge is 2.45. The van der Waals surface area contributed by atoms with Crippen LogP contribution >= 0.6 is 23.2 Å². The molecule has 6 nitrogen and oxygen atoms in total. The number of nitrogens with zero attached hydrogens (tertiary/aromatic N) is 1. The predicted octanol–water partition coefficient (Wildman–Crippen LogP) is 2.78. The Hall–Kier alpha value is -2.09. The second-order valence-corrected chi connectivity index (χ2v) is 9.49. The summed E-state index contributed by atoms with van der Waals surface area (Å²) in [6.07, 6.45) is -0.106. The van der Waals surface area contributed by atoms with Crippen LogP contribution in [-0.2, 0) is 31.7 Å². The van der Waals surface area contributed by atoms with Gasteiger partial charge in [-0.25, -0.2) is 8.42 Å². The zero-order chi connectivity index (χ0) is 20.3. The summed E-state index contributed by atoms with van der Waals surface area (Å²) in [4.78, 5) is 25.2. The molecule has 148 valence electrons. The molecule has 1 heterocycles. The topological polar surface area (TPSA) is 83.6 Å². The first kappa shape index (κ1) is 20.6. The monoisotopic (exact) mass is 440 g/mol. The molecule has 1 saturated heterocycles. The van der Waals surface area contributed by atoms with Gasteiger partial charge in [-0.15, -0.1) is 0 Å². The third-order valence-corrected chi connectivity index (χ3v) is 7.02. The SMILES string of the molecule is O=C(CN1C(=O)CC1S(=O)(=O)Cc1ccccc1)NCc1ccc(Cl)cc1Cl. The molecule has 0 bridgehead atoms. The summed E-state index contributed by atoms with van der Waals surface area (Å²) in [5.41, 5.74) is 1.31. The molecule has 1 aliphatic rings. The van der Waals surface area contributed by atoms with Crippen LogP contribution in [0.25, 0.3) is 0 Å². The molecule has 0 aliphatic carbocycles. The second kappa shape index (κ2) is 8.51. The lowest BCUT2D eigenvalue weighted by atomic mass is 10.2. The summed E-state index contributed by atoms with van der Waals surface area (Å²) in [5, 5.41) is 2.56. The second-order valence-electron chi connectivity index (χ2n) is 6.49. The Bertz CT molecular complexity index is 996. The third-order valence-electron chi connectivity index (χ3n) is 4.45. The molecule has 1 N–H and O–H groups in total. The van der Waals surface area contributed by atoms with Crippen LogP contribution in [0.3, 0.4) is 0 Å². The number of hydrogen-bond acceptors (Lipinski definition) is 4. The summed E-state index contributed by atoms with van der Waals surface area (Å²) >= 11 is 11.9. The normalized spacial score (nSPS) is 16.6. The fourth-order valence-corrected chi connectivity index (χ4v) is 5.21. The first-order valence-electron chi connectivity index (χ1n) is 8.52. The van der Waals surface area contributed by atoms with Crippen LogP contribution in [0, 0.1) is 0 Å². The quantitative estimate of drug-likeness (QED) is 0.670. The Kier molecular flexibility index (Phi) is 6.27. The Morgan fingerprint density at radius 1 is 1.14 bits per heavy atom. The summed E-state index contributed by atoms with van der Waals surface area (Å²) in [5.74, 6) is -0.995. The van der Waals surface area contributed by atoms with Crippen molar-refractivity contribution in [3.05, 3.63) is 69.7 Å². The zero-order valence-corrected chi connectivity index (χ0v) is 17.1. The number of halogens is 2. The molecule has 1 atom stereocenters. The summed E-state index contributed by atoms with van der Waals surface area (Å²) in [7, 11) is -3.59. The molecule has 9 heteroatoms. The van der Waals surface area contributed by atoms with Crippen LogP contribution in [-0.4, -0.2) is 37.1 Å². The summed E-state index contributed by atoms with van der Waals surface area (Å²) in [6.45, 7) is -0.166. The number of amides is 2. The Balaban J connectivity index is 1.59. The van der Waals surface area contributed by atoms with E-state index in [0.29, 0.717) is 21.2 Å². The smallest absolute Gasteiger partial charge is 0.239 e. The summed E-state index contributed by atoms with van der Waals surface area (Å²) in [6, 6.07) is 13.6. The van der Waals surface area contributed by atoms with Crippen LogP contribution in [0.1, 0.15) is 17.5 Å². The number of nitrogens with one attached hydrogen (secondary N) is 1. The van der Waals surface area contributed by atoms with Gasteiger partial charge >= 0.3 is 0 Å². The first-order valence-corrected chi connectivity index (χ1v) is 11.0. The van der Waals surface area contributed by atoms with Crippen molar-refractivity contribution < 1.29 is 18.0 Å². The Morgan fingerprint density at radius 3 is 2.50 bits per heavy atom. The van der Waals surface area contributed by atoms with Crippen molar-refractivity contribution in [3.63, 3.8) is 0 Å². The van der Waals surface area contributed by atoms with Gasteiger partial charge < -0.3 is 10.2 Å². The zero-order valence-electron chi connectivity index (χ0n) is 14.8. The van der Waals surface area contributed by atoms with E-state index in [0.717, 1.165) is 4.90 Å². The molecule has 1 fully saturated rings. The molecule has 0 spiro atoms. The van der Waals surface area contributed by atoms with Crippen LogP contribution in [0.2, 0.25) is 10.0 Å². The molecule has 1 unspecified atom stereocenters. The maximum absolute atomic E-state index is 12.6. The Morgan fingerprint density at radius 2 is 1.86 bits per heavy atom. The van der Waals surface area contributed by atoms with Gasteiger partial charge in [0.2, 0.25) is 11.8 Å². The highest BCUT2D eigenvalue weighted by atomic mass is 35.5. The minimum atomic E-state index is -3.59. The van der Waals surface area contributed by atoms with E-state index in [-0.39, 0.29) is 31.2 Å². The number of carbonyl (C=O) groups excluding carboxylic acids is 2. The largest absolute Gasteiger partial charge is 0.350 e. The fraction of sp³-hybridized carbons (Fsp3) is 0.263. The lowest BCUT2D eigenvalue weighted by Gasteiger charge is -2.39. The molecule has 0 radical (unpaired) electrons. The van der Waals surface area contributed by atoms with Crippen molar-refractivity contribution in [2.75, 3.05) is 6.54 Å². The van der Waals surface area contributed by atoms with Gasteiger partial charge in [0.15, 0.2) is 9.84 Å². The number of β-lactam (4-membered cyclic amide) rings is 1. The highest BCUT2D eigenvalue weighted by molar-refractivity contribution is 7.91. The van der Waals surface area contributed by atoms with Crippen molar-refractivity contribution in [2.24, 2.45) is 0 Å². The van der Waals surface area contributed by atoms with Crippen molar-refractivity contribution in [3.8, 4) is 0 Å². The van der Waals surface area contributed by atoms with Gasteiger partial charge in [-0.05, 0) is 23.3 Å². The number of rotatable bonds is 7. The maximum atomic E-state index is 12.6. The molecule has 2 aromatic rings. The lowest BCUT2D eigenvalue weighted by molar-refractivity contribution is -0.145. The van der Waals surface area contributed by atoms with Gasteiger partial charge in [0.25, 0.3) is 0 Å². The number of benzene rings is 2. The fourth-order valence-electron chi connectivity index (χ4n) is 2.91. The predicted molar refractivity (Wildman–Crippen MR) is 107 cm³/mol. The lowest BCUT2D eigenvalue weighted by Crippen LogP contribution is -2.59. The van der Waals surface area contributed by atoms with Gasteiger partial charge in [0.1, 0.15) is 11.9 Å². The van der Waals surface area contributed by atoms with Gasteiger partial charge in [0.05, 0.1) is 12.2 Å².